The number of ether oxygens (including phenoxy) is 1. The molecule has 0 saturated heterocycles. The second-order valence-corrected chi connectivity index (χ2v) is 4.08. The highest BCUT2D eigenvalue weighted by molar-refractivity contribution is 6.00. The number of amides is 1. The molecule has 1 aliphatic heterocycles. The largest absolute Gasteiger partial charge is 0.475 e. The Morgan fingerprint density at radius 1 is 1.53 bits per heavy atom. The van der Waals surface area contributed by atoms with Crippen LogP contribution in [0.4, 0.5) is 11.4 Å². The van der Waals surface area contributed by atoms with E-state index in [0.29, 0.717) is 17.9 Å². The first-order valence-corrected chi connectivity index (χ1v) is 5.25. The van der Waals surface area contributed by atoms with Crippen molar-refractivity contribution in [2.45, 2.75) is 25.9 Å². The van der Waals surface area contributed by atoms with Crippen LogP contribution >= 0.6 is 0 Å². The summed E-state index contributed by atoms with van der Waals surface area (Å²) in [6, 6.07) is 4.13. The molecule has 0 aliphatic carbocycles. The first-order chi connectivity index (χ1) is 7.96. The summed E-state index contributed by atoms with van der Waals surface area (Å²) >= 11 is 0. The zero-order valence-corrected chi connectivity index (χ0v) is 9.52. The molecule has 1 N–H and O–H groups in total. The van der Waals surface area contributed by atoms with Crippen molar-refractivity contribution in [3.63, 3.8) is 0 Å². The molecule has 2 rings (SSSR count). The highest BCUT2D eigenvalue weighted by Gasteiger charge is 2.38. The molecule has 1 atom stereocenters. The molecule has 0 fully saturated rings. The number of nitro benzene ring substituents is 1. The highest BCUT2D eigenvalue weighted by Crippen LogP contribution is 2.37. The maximum absolute atomic E-state index is 11.8. The van der Waals surface area contributed by atoms with Crippen molar-refractivity contribution in [2.24, 2.45) is 0 Å². The number of hydrogen-bond acceptors (Lipinski definition) is 4. The summed E-state index contributed by atoms with van der Waals surface area (Å²) in [5, 5.41) is 13.3. The van der Waals surface area contributed by atoms with Crippen LogP contribution in [0.5, 0.6) is 5.75 Å². The van der Waals surface area contributed by atoms with Crippen LogP contribution in [0.15, 0.2) is 18.2 Å². The smallest absolute Gasteiger partial charge is 0.273 e. The van der Waals surface area contributed by atoms with Gasteiger partial charge in [0.2, 0.25) is 0 Å². The van der Waals surface area contributed by atoms with E-state index in [4.69, 9.17) is 4.74 Å². The van der Waals surface area contributed by atoms with Gasteiger partial charge in [0.25, 0.3) is 11.6 Å². The summed E-state index contributed by atoms with van der Waals surface area (Å²) in [6.45, 7) is 3.48. The van der Waals surface area contributed by atoms with E-state index in [1.165, 1.54) is 18.2 Å². The summed E-state index contributed by atoms with van der Waals surface area (Å²) < 4.78 is 5.56. The third-order valence-electron chi connectivity index (χ3n) is 2.91. The number of nitro groups is 1. The minimum Gasteiger partial charge on any atom is -0.475 e. The number of hydrogen-bond donors (Lipinski definition) is 1. The van der Waals surface area contributed by atoms with Gasteiger partial charge in [-0.25, -0.2) is 0 Å². The van der Waals surface area contributed by atoms with Gasteiger partial charge < -0.3 is 10.1 Å². The van der Waals surface area contributed by atoms with Gasteiger partial charge in [0.1, 0.15) is 0 Å². The second kappa shape index (κ2) is 3.73. The summed E-state index contributed by atoms with van der Waals surface area (Å²) in [5.41, 5.74) is -0.563. The average Bonchev–Trinajstić information content (AvgIpc) is 2.30. The zero-order chi connectivity index (χ0) is 12.6. The molecule has 1 aliphatic rings. The first-order valence-electron chi connectivity index (χ1n) is 5.25. The monoisotopic (exact) mass is 236 g/mol. The van der Waals surface area contributed by atoms with Gasteiger partial charge in [-0.05, 0) is 19.4 Å². The lowest BCUT2D eigenvalue weighted by Gasteiger charge is -2.33. The van der Waals surface area contributed by atoms with Crippen LogP contribution in [-0.2, 0) is 4.79 Å². The van der Waals surface area contributed by atoms with Crippen LogP contribution in [-0.4, -0.2) is 16.4 Å². The average molecular weight is 236 g/mol. The third kappa shape index (κ3) is 1.82. The molecule has 90 valence electrons. The number of anilines is 1. The van der Waals surface area contributed by atoms with E-state index in [0.717, 1.165) is 0 Å². The van der Waals surface area contributed by atoms with Crippen molar-refractivity contribution in [3.05, 3.63) is 28.3 Å². The Labute approximate surface area is 97.7 Å². The Morgan fingerprint density at radius 2 is 2.24 bits per heavy atom. The van der Waals surface area contributed by atoms with Crippen LogP contribution in [0.2, 0.25) is 0 Å². The standard InChI is InChI=1S/C11H12N2O4/c1-3-11(2)10(14)12-8-5-4-7(13(15)16)6-9(8)17-11/h4-6H,3H2,1-2H3,(H,12,14). The molecule has 0 saturated carbocycles. The third-order valence-corrected chi connectivity index (χ3v) is 2.91. The Morgan fingerprint density at radius 3 is 2.82 bits per heavy atom. The lowest BCUT2D eigenvalue weighted by molar-refractivity contribution is -0.385. The number of nitrogens with one attached hydrogen (secondary N) is 1. The topological polar surface area (TPSA) is 81.5 Å². The molecule has 6 heteroatoms. The predicted octanol–water partition coefficient (Wildman–Crippen LogP) is 2.09. The molecule has 1 aromatic carbocycles. The van der Waals surface area contributed by atoms with Crippen LogP contribution in [0.1, 0.15) is 20.3 Å². The molecule has 0 spiro atoms. The molecular weight excluding hydrogens is 224 g/mol. The van der Waals surface area contributed by atoms with E-state index in [1.54, 1.807) is 6.92 Å². The van der Waals surface area contributed by atoms with Gasteiger partial charge in [-0.2, -0.15) is 0 Å². The number of rotatable bonds is 2. The van der Waals surface area contributed by atoms with Gasteiger partial charge in [-0.15, -0.1) is 0 Å². The van der Waals surface area contributed by atoms with Crippen molar-refractivity contribution in [1.29, 1.82) is 0 Å². The van der Waals surface area contributed by atoms with Crippen molar-refractivity contribution in [2.75, 3.05) is 5.32 Å². The van der Waals surface area contributed by atoms with Gasteiger partial charge in [0.05, 0.1) is 16.7 Å². The number of carbonyl (C=O) groups is 1. The molecule has 0 bridgehead atoms. The Balaban J connectivity index is 2.44. The number of fused-ring (bicyclic) bond motifs is 1. The van der Waals surface area contributed by atoms with Crippen LogP contribution in [0.3, 0.4) is 0 Å². The lowest BCUT2D eigenvalue weighted by atomic mass is 10.00. The molecular formula is C11H12N2O4. The van der Waals surface area contributed by atoms with E-state index in [-0.39, 0.29) is 11.6 Å². The zero-order valence-electron chi connectivity index (χ0n) is 9.52. The van der Waals surface area contributed by atoms with Gasteiger partial charge in [0.15, 0.2) is 11.4 Å². The Bertz CT molecular complexity index is 500. The molecule has 6 nitrogen and oxygen atoms in total. The van der Waals surface area contributed by atoms with Crippen LogP contribution < -0.4 is 10.1 Å². The van der Waals surface area contributed by atoms with E-state index in [1.807, 2.05) is 6.92 Å². The normalized spacial score (nSPS) is 22.4. The number of nitrogens with zero attached hydrogens (tertiary/aromatic N) is 1. The minimum atomic E-state index is -0.970. The van der Waals surface area contributed by atoms with Crippen molar-refractivity contribution >= 4 is 17.3 Å². The van der Waals surface area contributed by atoms with Gasteiger partial charge in [-0.3, -0.25) is 14.9 Å². The van der Waals surface area contributed by atoms with Gasteiger partial charge in [0, 0.05) is 6.07 Å². The molecule has 1 amide bonds. The summed E-state index contributed by atoms with van der Waals surface area (Å²) in [5.74, 6) is 0.101. The van der Waals surface area contributed by atoms with E-state index < -0.39 is 10.5 Å². The van der Waals surface area contributed by atoms with Crippen LogP contribution in [0, 0.1) is 10.1 Å². The van der Waals surface area contributed by atoms with Gasteiger partial charge in [-0.1, -0.05) is 6.92 Å². The van der Waals surface area contributed by atoms with E-state index in [9.17, 15) is 14.9 Å². The number of benzene rings is 1. The quantitative estimate of drug-likeness (QED) is 0.629. The van der Waals surface area contributed by atoms with Gasteiger partial charge >= 0.3 is 0 Å². The molecule has 0 radical (unpaired) electrons. The molecule has 1 heterocycles. The molecule has 0 aromatic heterocycles. The van der Waals surface area contributed by atoms with Crippen molar-refractivity contribution in [3.8, 4) is 5.75 Å². The minimum absolute atomic E-state index is 0.0571. The first kappa shape index (κ1) is 11.4. The number of carbonyl (C=O) groups excluding carboxylic acids is 1. The van der Waals surface area contributed by atoms with E-state index in [2.05, 4.69) is 5.32 Å². The Kier molecular flexibility index (Phi) is 2.49. The summed E-state index contributed by atoms with van der Waals surface area (Å²) in [6.07, 6.45) is 0.487. The fraction of sp³-hybridized carbons (Fsp3) is 0.364. The Hall–Kier alpha value is -2.11. The summed E-state index contributed by atoms with van der Waals surface area (Å²) in [4.78, 5) is 21.9. The van der Waals surface area contributed by atoms with E-state index >= 15 is 0 Å². The molecule has 17 heavy (non-hydrogen) atoms. The fourth-order valence-electron chi connectivity index (χ4n) is 1.59. The SMILES string of the molecule is CCC1(C)Oc2cc([N+](=O)[O-])ccc2NC1=O. The maximum Gasteiger partial charge on any atom is 0.273 e. The van der Waals surface area contributed by atoms with Crippen LogP contribution in [0.25, 0.3) is 0 Å². The molecule has 1 aromatic rings. The lowest BCUT2D eigenvalue weighted by Crippen LogP contribution is -2.47. The summed E-state index contributed by atoms with van der Waals surface area (Å²) in [7, 11) is 0. The highest BCUT2D eigenvalue weighted by atomic mass is 16.6. The second-order valence-electron chi connectivity index (χ2n) is 4.08. The predicted molar refractivity (Wildman–Crippen MR) is 61.1 cm³/mol. The van der Waals surface area contributed by atoms with Crippen molar-refractivity contribution < 1.29 is 14.5 Å². The molecule has 1 unspecified atom stereocenters. The van der Waals surface area contributed by atoms with Crippen molar-refractivity contribution in [1.82, 2.24) is 0 Å². The number of non-ortho nitro benzene ring substituents is 1. The maximum atomic E-state index is 11.8. The fourth-order valence-corrected chi connectivity index (χ4v) is 1.59.